The van der Waals surface area contributed by atoms with Crippen LogP contribution in [0.5, 0.6) is 0 Å². The van der Waals surface area contributed by atoms with E-state index in [0.717, 1.165) is 4.57 Å². The number of benzene rings is 1. The summed E-state index contributed by atoms with van der Waals surface area (Å²) in [6.45, 7) is 1.49. The van der Waals surface area contributed by atoms with Gasteiger partial charge in [0.2, 0.25) is 9.84 Å². The minimum atomic E-state index is -3.97. The molecule has 0 aliphatic rings. The fraction of sp³-hybridized carbons (Fsp3) is 0.188. The first-order valence-corrected chi connectivity index (χ1v) is 8.82. The van der Waals surface area contributed by atoms with Crippen LogP contribution in [0.1, 0.15) is 5.56 Å². The van der Waals surface area contributed by atoms with Crippen LogP contribution in [0.25, 0.3) is 11.0 Å². The van der Waals surface area contributed by atoms with Crippen molar-refractivity contribution in [2.75, 3.05) is 5.73 Å². The van der Waals surface area contributed by atoms with Crippen molar-refractivity contribution in [3.63, 3.8) is 0 Å². The summed E-state index contributed by atoms with van der Waals surface area (Å²) in [5.41, 5.74) is 4.94. The van der Waals surface area contributed by atoms with Crippen LogP contribution >= 0.6 is 0 Å². The fourth-order valence-electron chi connectivity index (χ4n) is 2.82. The second-order valence-electron chi connectivity index (χ2n) is 5.67. The third-order valence-electron chi connectivity index (χ3n) is 4.13. The third kappa shape index (κ3) is 2.35. The lowest BCUT2D eigenvalue weighted by Crippen LogP contribution is -2.38. The average Bonchev–Trinajstić information content (AvgIpc) is 2.58. The van der Waals surface area contributed by atoms with Gasteiger partial charge in [-0.15, -0.1) is 0 Å². The zero-order valence-electron chi connectivity index (χ0n) is 13.8. The Bertz CT molecular complexity index is 1230. The lowest BCUT2D eigenvalue weighted by Gasteiger charge is -2.14. The summed E-state index contributed by atoms with van der Waals surface area (Å²) in [6.07, 6.45) is 0. The highest BCUT2D eigenvalue weighted by Gasteiger charge is 2.27. The van der Waals surface area contributed by atoms with Crippen LogP contribution in [0, 0.1) is 6.92 Å². The molecule has 0 amide bonds. The number of aromatic nitrogens is 3. The van der Waals surface area contributed by atoms with Crippen LogP contribution in [0.3, 0.4) is 0 Å². The van der Waals surface area contributed by atoms with Crippen molar-refractivity contribution in [1.82, 2.24) is 14.1 Å². The highest BCUT2D eigenvalue weighted by atomic mass is 32.2. The molecule has 3 aromatic rings. The molecule has 8 nitrogen and oxygen atoms in total. The molecule has 0 radical (unpaired) electrons. The summed E-state index contributed by atoms with van der Waals surface area (Å²) in [6, 6.07) is 7.76. The molecule has 2 N–H and O–H groups in total. The number of rotatable bonds is 2. The number of nitrogens with two attached hydrogens (primary N) is 1. The number of aryl methyl sites for hydroxylation is 2. The zero-order chi connectivity index (χ0) is 18.5. The third-order valence-corrected chi connectivity index (χ3v) is 6.08. The van der Waals surface area contributed by atoms with Crippen molar-refractivity contribution in [3.8, 4) is 0 Å². The Morgan fingerprint density at radius 2 is 1.64 bits per heavy atom. The Morgan fingerprint density at radius 1 is 1.04 bits per heavy atom. The Morgan fingerprint density at radius 3 is 2.24 bits per heavy atom. The minimum absolute atomic E-state index is 0.0487. The number of hydrogen-bond acceptors (Lipinski definition) is 6. The highest BCUT2D eigenvalue weighted by Crippen LogP contribution is 2.30. The summed E-state index contributed by atoms with van der Waals surface area (Å²) >= 11 is 0. The number of anilines is 1. The van der Waals surface area contributed by atoms with Crippen molar-refractivity contribution in [3.05, 3.63) is 56.7 Å². The summed E-state index contributed by atoms with van der Waals surface area (Å²) in [7, 11) is -1.20. The van der Waals surface area contributed by atoms with Gasteiger partial charge in [-0.1, -0.05) is 18.2 Å². The van der Waals surface area contributed by atoms with E-state index in [9.17, 15) is 18.0 Å². The molecule has 2 heterocycles. The molecule has 0 aliphatic carbocycles. The summed E-state index contributed by atoms with van der Waals surface area (Å²) in [5.74, 6) is -0.253. The summed E-state index contributed by atoms with van der Waals surface area (Å²) in [4.78, 5) is 28.4. The van der Waals surface area contributed by atoms with Crippen LogP contribution in [0.4, 0.5) is 5.82 Å². The van der Waals surface area contributed by atoms with Gasteiger partial charge in [-0.2, -0.15) is 0 Å². The first kappa shape index (κ1) is 16.9. The number of nitrogens with zero attached hydrogens (tertiary/aromatic N) is 3. The molecule has 0 atom stereocenters. The Balaban J connectivity index is 2.52. The topological polar surface area (TPSA) is 117 Å². The second kappa shape index (κ2) is 5.55. The highest BCUT2D eigenvalue weighted by molar-refractivity contribution is 7.91. The van der Waals surface area contributed by atoms with Crippen molar-refractivity contribution < 1.29 is 8.42 Å². The molecule has 130 valence electrons. The summed E-state index contributed by atoms with van der Waals surface area (Å²) in [5, 5.41) is 0.0494. The van der Waals surface area contributed by atoms with Gasteiger partial charge in [0.05, 0.1) is 10.3 Å². The number of sulfone groups is 1. The standard InChI is InChI=1S/C16H16N4O4S/c1-9-11-14(19(2)16(22)20(3)15(11)21)18-13(17)12(9)25(23,24)10-7-5-4-6-8-10/h4-8H,1-3H3,(H2,17,18). The molecule has 25 heavy (non-hydrogen) atoms. The molecule has 2 aromatic heterocycles. The van der Waals surface area contributed by atoms with Gasteiger partial charge in [0.1, 0.15) is 10.7 Å². The SMILES string of the molecule is Cc1c(S(=O)(=O)c2ccccc2)c(N)nc2c1c(=O)n(C)c(=O)n2C. The van der Waals surface area contributed by atoms with Crippen molar-refractivity contribution >= 4 is 26.7 Å². The van der Waals surface area contributed by atoms with Crippen molar-refractivity contribution in [2.45, 2.75) is 16.7 Å². The number of pyridine rings is 1. The van der Waals surface area contributed by atoms with E-state index >= 15 is 0 Å². The van der Waals surface area contributed by atoms with Gasteiger partial charge in [-0.3, -0.25) is 13.9 Å². The maximum Gasteiger partial charge on any atom is 0.332 e. The molecular weight excluding hydrogens is 344 g/mol. The first-order chi connectivity index (χ1) is 11.7. The number of hydrogen-bond donors (Lipinski definition) is 1. The van der Waals surface area contributed by atoms with Gasteiger partial charge in [-0.05, 0) is 24.6 Å². The molecule has 0 saturated carbocycles. The van der Waals surface area contributed by atoms with Gasteiger partial charge in [0.15, 0.2) is 5.65 Å². The van der Waals surface area contributed by atoms with Gasteiger partial charge in [0.25, 0.3) is 5.56 Å². The van der Waals surface area contributed by atoms with E-state index in [0.29, 0.717) is 0 Å². The normalized spacial score (nSPS) is 11.8. The van der Waals surface area contributed by atoms with Crippen molar-refractivity contribution in [1.29, 1.82) is 0 Å². The van der Waals surface area contributed by atoms with Crippen LogP contribution < -0.4 is 17.0 Å². The maximum absolute atomic E-state index is 13.0. The smallest absolute Gasteiger partial charge is 0.332 e. The Labute approximate surface area is 143 Å². The van der Waals surface area contributed by atoms with E-state index in [-0.39, 0.29) is 32.2 Å². The molecule has 3 rings (SSSR count). The molecule has 1 aromatic carbocycles. The lowest BCUT2D eigenvalue weighted by molar-refractivity contribution is 0.595. The molecule has 0 unspecified atom stereocenters. The average molecular weight is 360 g/mol. The largest absolute Gasteiger partial charge is 0.383 e. The monoisotopic (exact) mass is 360 g/mol. The predicted molar refractivity (Wildman–Crippen MR) is 93.3 cm³/mol. The number of nitrogen functional groups attached to an aromatic ring is 1. The quantitative estimate of drug-likeness (QED) is 0.705. The van der Waals surface area contributed by atoms with E-state index in [2.05, 4.69) is 4.98 Å². The van der Waals surface area contributed by atoms with Crippen molar-refractivity contribution in [2.24, 2.45) is 14.1 Å². The van der Waals surface area contributed by atoms with Gasteiger partial charge in [0, 0.05) is 14.1 Å². The van der Waals surface area contributed by atoms with E-state index in [1.165, 1.54) is 37.7 Å². The molecule has 0 bridgehead atoms. The fourth-order valence-corrected chi connectivity index (χ4v) is 4.40. The lowest BCUT2D eigenvalue weighted by atomic mass is 10.2. The van der Waals surface area contributed by atoms with Crippen LogP contribution in [0.2, 0.25) is 0 Å². The number of fused-ring (bicyclic) bond motifs is 1. The Kier molecular flexibility index (Phi) is 3.76. The molecular formula is C16H16N4O4S. The van der Waals surface area contributed by atoms with E-state index in [1.807, 2.05) is 0 Å². The Hall–Kier alpha value is -2.94. The van der Waals surface area contributed by atoms with Crippen LogP contribution in [-0.2, 0) is 23.9 Å². The first-order valence-electron chi connectivity index (χ1n) is 7.34. The molecule has 0 saturated heterocycles. The van der Waals surface area contributed by atoms with E-state index in [4.69, 9.17) is 5.73 Å². The van der Waals surface area contributed by atoms with Crippen LogP contribution in [0.15, 0.2) is 49.7 Å². The van der Waals surface area contributed by atoms with E-state index in [1.54, 1.807) is 18.2 Å². The van der Waals surface area contributed by atoms with Gasteiger partial charge < -0.3 is 5.73 Å². The molecule has 0 spiro atoms. The second-order valence-corrected chi connectivity index (χ2v) is 7.56. The minimum Gasteiger partial charge on any atom is -0.383 e. The predicted octanol–water partition coefficient (Wildman–Crippen LogP) is 0.356. The zero-order valence-corrected chi connectivity index (χ0v) is 14.7. The summed E-state index contributed by atoms with van der Waals surface area (Å²) < 4.78 is 28.0. The molecule has 0 fully saturated rings. The van der Waals surface area contributed by atoms with Gasteiger partial charge >= 0.3 is 5.69 Å². The van der Waals surface area contributed by atoms with Gasteiger partial charge in [-0.25, -0.2) is 18.2 Å². The molecule has 9 heteroatoms. The molecule has 0 aliphatic heterocycles. The van der Waals surface area contributed by atoms with Crippen LogP contribution in [-0.4, -0.2) is 22.5 Å². The van der Waals surface area contributed by atoms with E-state index < -0.39 is 21.1 Å². The maximum atomic E-state index is 13.0.